The van der Waals surface area contributed by atoms with Crippen molar-refractivity contribution in [1.82, 2.24) is 10.2 Å². The molecule has 124 valence electrons. The van der Waals surface area contributed by atoms with Crippen molar-refractivity contribution in [1.29, 1.82) is 0 Å². The zero-order chi connectivity index (χ0) is 16.4. The molecule has 2 aliphatic heterocycles. The number of fused-ring (bicyclic) bond motifs is 1. The predicted molar refractivity (Wildman–Crippen MR) is 80.9 cm³/mol. The molecule has 0 radical (unpaired) electrons. The number of amides is 1. The van der Waals surface area contributed by atoms with Gasteiger partial charge in [-0.05, 0) is 17.7 Å². The number of rotatable bonds is 6. The number of carboxylic acid groups (broad SMARTS) is 1. The Morgan fingerprint density at radius 1 is 1.48 bits per heavy atom. The van der Waals surface area contributed by atoms with Gasteiger partial charge in [-0.1, -0.05) is 12.1 Å². The first-order valence-corrected chi connectivity index (χ1v) is 7.61. The molecule has 0 aliphatic carbocycles. The molecule has 1 aromatic rings. The van der Waals surface area contributed by atoms with Gasteiger partial charge in [-0.2, -0.15) is 0 Å². The van der Waals surface area contributed by atoms with E-state index in [2.05, 4.69) is 5.32 Å². The van der Waals surface area contributed by atoms with Gasteiger partial charge in [0.25, 0.3) is 0 Å². The molecule has 7 heteroatoms. The molecular weight excluding hydrogens is 300 g/mol. The molecule has 0 spiro atoms. The summed E-state index contributed by atoms with van der Waals surface area (Å²) in [6.07, 6.45) is 0. The van der Waals surface area contributed by atoms with Crippen molar-refractivity contribution in [3.63, 3.8) is 0 Å². The van der Waals surface area contributed by atoms with Crippen molar-refractivity contribution < 1.29 is 24.5 Å². The quantitative estimate of drug-likeness (QED) is 0.665. The van der Waals surface area contributed by atoms with Gasteiger partial charge in [-0.25, -0.2) is 0 Å². The maximum atomic E-state index is 11.9. The van der Waals surface area contributed by atoms with Crippen LogP contribution in [0.25, 0.3) is 0 Å². The number of aliphatic carboxylic acids is 1. The number of hydrogen-bond donors (Lipinski definition) is 3. The third-order valence-corrected chi connectivity index (χ3v) is 4.60. The second-order valence-electron chi connectivity index (χ2n) is 6.12. The number of hydrogen-bond acceptors (Lipinski definition) is 5. The lowest BCUT2D eigenvalue weighted by Crippen LogP contribution is -2.40. The maximum absolute atomic E-state index is 11.9. The average Bonchev–Trinajstić information content (AvgIpc) is 3.04. The number of aliphatic hydroxyl groups is 1. The van der Waals surface area contributed by atoms with E-state index in [4.69, 9.17) is 9.84 Å². The lowest BCUT2D eigenvalue weighted by Gasteiger charge is -2.22. The largest absolute Gasteiger partial charge is 0.491 e. The van der Waals surface area contributed by atoms with Crippen LogP contribution in [0, 0.1) is 11.3 Å². The highest BCUT2D eigenvalue weighted by Crippen LogP contribution is 2.40. The first kappa shape index (κ1) is 15.8. The van der Waals surface area contributed by atoms with Crippen molar-refractivity contribution >= 4 is 11.9 Å². The van der Waals surface area contributed by atoms with Gasteiger partial charge in [0, 0.05) is 26.2 Å². The van der Waals surface area contributed by atoms with Gasteiger partial charge in [-0.3, -0.25) is 14.5 Å². The number of carbonyl (C=O) groups excluding carboxylic acids is 1. The standard InChI is InChI=1S/C16H20N2O5/c19-4-5-23-12-3-1-2-11(6-12)7-18-8-13-14(20)17-9-16(13,10-18)15(21)22/h1-3,6,13,19H,4-5,7-10H2,(H,17,20)(H,21,22)/t13-,16+/m0/s1. The van der Waals surface area contributed by atoms with Crippen molar-refractivity contribution in [3.8, 4) is 5.75 Å². The van der Waals surface area contributed by atoms with Gasteiger partial charge in [0.15, 0.2) is 0 Å². The molecule has 7 nitrogen and oxygen atoms in total. The lowest BCUT2D eigenvalue weighted by atomic mass is 9.81. The Labute approximate surface area is 133 Å². The molecule has 2 saturated heterocycles. The van der Waals surface area contributed by atoms with Crippen LogP contribution >= 0.6 is 0 Å². The van der Waals surface area contributed by atoms with E-state index in [0.717, 1.165) is 5.56 Å². The smallest absolute Gasteiger partial charge is 0.313 e. The van der Waals surface area contributed by atoms with Crippen LogP contribution in [-0.4, -0.2) is 59.8 Å². The van der Waals surface area contributed by atoms with Crippen LogP contribution in [0.2, 0.25) is 0 Å². The van der Waals surface area contributed by atoms with Gasteiger partial charge >= 0.3 is 5.97 Å². The number of nitrogens with zero attached hydrogens (tertiary/aromatic N) is 1. The molecule has 2 heterocycles. The Balaban J connectivity index is 1.70. The molecule has 3 rings (SSSR count). The van der Waals surface area contributed by atoms with Crippen LogP contribution < -0.4 is 10.1 Å². The molecule has 0 aromatic heterocycles. The van der Waals surface area contributed by atoms with Gasteiger partial charge in [0.05, 0.1) is 12.5 Å². The van der Waals surface area contributed by atoms with E-state index in [1.165, 1.54) is 0 Å². The number of carboxylic acids is 1. The summed E-state index contributed by atoms with van der Waals surface area (Å²) in [4.78, 5) is 25.6. The maximum Gasteiger partial charge on any atom is 0.313 e. The third-order valence-electron chi connectivity index (χ3n) is 4.60. The van der Waals surface area contributed by atoms with Crippen LogP contribution in [0.15, 0.2) is 24.3 Å². The van der Waals surface area contributed by atoms with E-state index in [0.29, 0.717) is 25.4 Å². The Bertz CT molecular complexity index is 620. The Kier molecular flexibility index (Phi) is 4.23. The Morgan fingerprint density at radius 3 is 3.00 bits per heavy atom. The second kappa shape index (κ2) is 6.17. The van der Waals surface area contributed by atoms with Crippen molar-refractivity contribution in [2.24, 2.45) is 11.3 Å². The zero-order valence-corrected chi connectivity index (χ0v) is 12.7. The number of aliphatic hydroxyl groups excluding tert-OH is 1. The number of nitrogens with one attached hydrogen (secondary N) is 1. The Morgan fingerprint density at radius 2 is 2.30 bits per heavy atom. The first-order chi connectivity index (χ1) is 11.0. The van der Waals surface area contributed by atoms with Crippen LogP contribution in [-0.2, 0) is 16.1 Å². The summed E-state index contributed by atoms with van der Waals surface area (Å²) in [6.45, 7) is 1.75. The van der Waals surface area contributed by atoms with Gasteiger partial charge < -0.3 is 20.3 Å². The molecule has 2 atom stereocenters. The number of ether oxygens (including phenoxy) is 1. The van der Waals surface area contributed by atoms with Crippen molar-refractivity contribution in [3.05, 3.63) is 29.8 Å². The zero-order valence-electron chi connectivity index (χ0n) is 12.7. The van der Waals surface area contributed by atoms with Crippen LogP contribution in [0.4, 0.5) is 0 Å². The summed E-state index contributed by atoms with van der Waals surface area (Å²) in [6, 6.07) is 7.48. The first-order valence-electron chi connectivity index (χ1n) is 7.61. The lowest BCUT2D eigenvalue weighted by molar-refractivity contribution is -0.149. The van der Waals surface area contributed by atoms with Gasteiger partial charge in [-0.15, -0.1) is 0 Å². The molecule has 23 heavy (non-hydrogen) atoms. The third kappa shape index (κ3) is 2.89. The molecule has 3 N–H and O–H groups in total. The summed E-state index contributed by atoms with van der Waals surface area (Å²) in [5, 5.41) is 21.0. The average molecular weight is 320 g/mol. The predicted octanol–water partition coefficient (Wildman–Crippen LogP) is -0.310. The summed E-state index contributed by atoms with van der Waals surface area (Å²) in [7, 11) is 0. The second-order valence-corrected chi connectivity index (χ2v) is 6.12. The van der Waals surface area contributed by atoms with Crippen LogP contribution in [0.5, 0.6) is 5.75 Å². The number of carbonyl (C=O) groups is 2. The minimum Gasteiger partial charge on any atom is -0.491 e. The minimum atomic E-state index is -1.01. The molecule has 1 aromatic carbocycles. The van der Waals surface area contributed by atoms with Crippen molar-refractivity contribution in [2.45, 2.75) is 6.54 Å². The highest BCUT2D eigenvalue weighted by Gasteiger charge is 2.59. The molecule has 0 unspecified atom stereocenters. The molecule has 2 aliphatic rings. The normalized spacial score (nSPS) is 26.8. The van der Waals surface area contributed by atoms with Gasteiger partial charge in [0.1, 0.15) is 17.8 Å². The number of likely N-dealkylation sites (tertiary alicyclic amines) is 1. The van der Waals surface area contributed by atoms with E-state index in [1.54, 1.807) is 0 Å². The fourth-order valence-electron chi connectivity index (χ4n) is 3.46. The molecule has 2 fully saturated rings. The molecule has 0 saturated carbocycles. The summed E-state index contributed by atoms with van der Waals surface area (Å²) in [5.74, 6) is -0.909. The molecule has 0 bridgehead atoms. The molecule has 1 amide bonds. The Hall–Kier alpha value is -2.12. The van der Waals surface area contributed by atoms with Crippen LogP contribution in [0.3, 0.4) is 0 Å². The topological polar surface area (TPSA) is 99.1 Å². The van der Waals surface area contributed by atoms with E-state index in [9.17, 15) is 14.7 Å². The fraction of sp³-hybridized carbons (Fsp3) is 0.500. The molecular formula is C16H20N2O5. The van der Waals surface area contributed by atoms with Crippen LogP contribution in [0.1, 0.15) is 5.56 Å². The summed E-state index contributed by atoms with van der Waals surface area (Å²) < 4.78 is 5.38. The summed E-state index contributed by atoms with van der Waals surface area (Å²) in [5.41, 5.74) is -0.0245. The monoisotopic (exact) mass is 320 g/mol. The van der Waals surface area contributed by atoms with E-state index in [-0.39, 0.29) is 25.7 Å². The van der Waals surface area contributed by atoms with E-state index in [1.807, 2.05) is 29.2 Å². The fourth-order valence-corrected chi connectivity index (χ4v) is 3.46. The van der Waals surface area contributed by atoms with Crippen molar-refractivity contribution in [2.75, 3.05) is 32.8 Å². The highest BCUT2D eigenvalue weighted by atomic mass is 16.5. The highest BCUT2D eigenvalue weighted by molar-refractivity contribution is 5.92. The van der Waals surface area contributed by atoms with E-state index >= 15 is 0 Å². The van der Waals surface area contributed by atoms with E-state index < -0.39 is 17.3 Å². The summed E-state index contributed by atoms with van der Waals surface area (Å²) >= 11 is 0. The number of benzene rings is 1. The SMILES string of the molecule is O=C1NC[C@@]2(C(=O)O)CN(Cc3cccc(OCCO)c3)C[C@@H]12. The van der Waals surface area contributed by atoms with Gasteiger partial charge in [0.2, 0.25) is 5.91 Å². The minimum absolute atomic E-state index is 0.0473.